The van der Waals surface area contributed by atoms with Gasteiger partial charge in [-0.2, -0.15) is 0 Å². The van der Waals surface area contributed by atoms with Crippen LogP contribution in [-0.2, 0) is 16.0 Å². The summed E-state index contributed by atoms with van der Waals surface area (Å²) in [5.74, 6) is -0.250. The zero-order chi connectivity index (χ0) is 10.1. The van der Waals surface area contributed by atoms with Crippen LogP contribution in [0.25, 0.3) is 0 Å². The number of fused-ring (bicyclic) bond motifs is 1. The Hall–Kier alpha value is -0.580. The quantitative estimate of drug-likeness (QED) is 0.749. The highest BCUT2D eigenvalue weighted by atomic mass is 35.5. The van der Waals surface area contributed by atoms with Gasteiger partial charge in [-0.1, -0.05) is 11.6 Å². The number of halogens is 1. The number of rotatable bonds is 1. The Kier molecular flexibility index (Phi) is 2.76. The first-order valence-electron chi connectivity index (χ1n) is 4.31. The smallest absolute Gasteiger partial charge is 0.327 e. The molecule has 5 heteroatoms. The number of thiophene rings is 1. The van der Waals surface area contributed by atoms with E-state index in [0.717, 1.165) is 22.9 Å². The number of hydrogen-bond acceptors (Lipinski definition) is 4. The predicted molar refractivity (Wildman–Crippen MR) is 55.8 cm³/mol. The van der Waals surface area contributed by atoms with Crippen molar-refractivity contribution in [3.8, 4) is 0 Å². The van der Waals surface area contributed by atoms with Crippen molar-refractivity contribution in [2.24, 2.45) is 0 Å². The van der Waals surface area contributed by atoms with Crippen molar-refractivity contribution >= 4 is 28.9 Å². The van der Waals surface area contributed by atoms with Gasteiger partial charge in [-0.15, -0.1) is 11.3 Å². The molecule has 0 spiro atoms. The second kappa shape index (κ2) is 3.88. The Morgan fingerprint density at radius 1 is 1.79 bits per heavy atom. The summed E-state index contributed by atoms with van der Waals surface area (Å²) < 4.78 is 5.45. The highest BCUT2D eigenvalue weighted by Crippen LogP contribution is 2.33. The number of carbonyl (C=O) groups excluding carboxylic acids is 1. The molecule has 1 aromatic heterocycles. The van der Waals surface area contributed by atoms with E-state index < -0.39 is 0 Å². The number of ether oxygens (including phenoxy) is 1. The zero-order valence-corrected chi connectivity index (χ0v) is 9.24. The normalized spacial score (nSPS) is 20.3. The molecule has 0 aliphatic carbocycles. The average molecular weight is 232 g/mol. The van der Waals surface area contributed by atoms with Gasteiger partial charge < -0.3 is 10.1 Å². The second-order valence-corrected chi connectivity index (χ2v) is 4.86. The number of nitrogens with one attached hydrogen (secondary N) is 1. The number of hydrogen-bond donors (Lipinski definition) is 1. The Labute approximate surface area is 91.0 Å². The summed E-state index contributed by atoms with van der Waals surface area (Å²) in [6, 6.07) is 1.50. The van der Waals surface area contributed by atoms with Crippen LogP contribution in [0, 0.1) is 0 Å². The fourth-order valence-corrected chi connectivity index (χ4v) is 2.93. The lowest BCUT2D eigenvalue weighted by Gasteiger charge is -2.21. The number of esters is 1. The molecule has 0 saturated carbocycles. The molecule has 2 rings (SSSR count). The summed E-state index contributed by atoms with van der Waals surface area (Å²) in [6.07, 6.45) is 0.931. The molecule has 2 heterocycles. The molecule has 1 unspecified atom stereocenters. The van der Waals surface area contributed by atoms with Gasteiger partial charge in [0.25, 0.3) is 0 Å². The Morgan fingerprint density at radius 3 is 3.29 bits per heavy atom. The molecule has 1 aromatic rings. The molecule has 0 amide bonds. The van der Waals surface area contributed by atoms with Gasteiger partial charge in [-0.3, -0.25) is 0 Å². The lowest BCUT2D eigenvalue weighted by atomic mass is 10.0. The van der Waals surface area contributed by atoms with Crippen molar-refractivity contribution in [2.45, 2.75) is 12.5 Å². The predicted octanol–water partition coefficient (Wildman–Crippen LogP) is 1.76. The molecule has 0 fully saturated rings. The lowest BCUT2D eigenvalue weighted by Crippen LogP contribution is -2.34. The van der Waals surface area contributed by atoms with E-state index >= 15 is 0 Å². The average Bonchev–Trinajstić information content (AvgIpc) is 2.56. The highest BCUT2D eigenvalue weighted by Gasteiger charge is 2.28. The van der Waals surface area contributed by atoms with E-state index in [-0.39, 0.29) is 12.0 Å². The first kappa shape index (κ1) is 9.96. The third-order valence-corrected chi connectivity index (χ3v) is 3.60. The zero-order valence-electron chi connectivity index (χ0n) is 7.67. The summed E-state index contributed by atoms with van der Waals surface area (Å²) in [5.41, 5.74) is 0.970. The minimum Gasteiger partial charge on any atom is -0.468 e. The molecule has 1 N–H and O–H groups in total. The van der Waals surface area contributed by atoms with Crippen LogP contribution in [0.4, 0.5) is 0 Å². The molecule has 0 aromatic carbocycles. The van der Waals surface area contributed by atoms with Gasteiger partial charge in [0.1, 0.15) is 6.04 Å². The van der Waals surface area contributed by atoms with Gasteiger partial charge in [0.05, 0.1) is 11.4 Å². The van der Waals surface area contributed by atoms with Crippen molar-refractivity contribution in [3.63, 3.8) is 0 Å². The summed E-state index contributed by atoms with van der Waals surface area (Å²) in [7, 11) is 1.40. The third-order valence-electron chi connectivity index (χ3n) is 2.26. The molecule has 3 nitrogen and oxygen atoms in total. The van der Waals surface area contributed by atoms with Crippen molar-refractivity contribution in [2.75, 3.05) is 13.7 Å². The minimum absolute atomic E-state index is 0.250. The fraction of sp³-hybridized carbons (Fsp3) is 0.444. The molecule has 1 atom stereocenters. The van der Waals surface area contributed by atoms with Crippen molar-refractivity contribution in [1.29, 1.82) is 0 Å². The van der Waals surface area contributed by atoms with Crippen LogP contribution in [0.2, 0.25) is 4.34 Å². The maximum Gasteiger partial charge on any atom is 0.327 e. The van der Waals surface area contributed by atoms with E-state index in [1.165, 1.54) is 23.3 Å². The summed E-state index contributed by atoms with van der Waals surface area (Å²) in [6.45, 7) is 0.795. The van der Waals surface area contributed by atoms with E-state index in [4.69, 9.17) is 16.3 Å². The first-order valence-corrected chi connectivity index (χ1v) is 5.51. The van der Waals surface area contributed by atoms with Crippen molar-refractivity contribution < 1.29 is 9.53 Å². The van der Waals surface area contributed by atoms with Crippen LogP contribution in [0.3, 0.4) is 0 Å². The van der Waals surface area contributed by atoms with E-state index in [9.17, 15) is 4.79 Å². The maximum atomic E-state index is 11.4. The van der Waals surface area contributed by atoms with Gasteiger partial charge in [-0.05, 0) is 18.1 Å². The third kappa shape index (κ3) is 1.65. The summed E-state index contributed by atoms with van der Waals surface area (Å²) >= 11 is 7.44. The number of carbonyl (C=O) groups is 1. The van der Waals surface area contributed by atoms with Crippen LogP contribution in [0.5, 0.6) is 0 Å². The second-order valence-electron chi connectivity index (χ2n) is 3.09. The van der Waals surface area contributed by atoms with Crippen LogP contribution >= 0.6 is 22.9 Å². The monoisotopic (exact) mass is 231 g/mol. The molecule has 76 valence electrons. The summed E-state index contributed by atoms with van der Waals surface area (Å²) in [5, 5.41) is 3.11. The van der Waals surface area contributed by atoms with Crippen LogP contribution in [0.15, 0.2) is 6.07 Å². The molecule has 1 aliphatic rings. The van der Waals surface area contributed by atoms with Crippen molar-refractivity contribution in [3.05, 3.63) is 20.8 Å². The van der Waals surface area contributed by atoms with Gasteiger partial charge >= 0.3 is 5.97 Å². The lowest BCUT2D eigenvalue weighted by molar-refractivity contribution is -0.143. The fourth-order valence-electron chi connectivity index (χ4n) is 1.62. The first-order chi connectivity index (χ1) is 6.72. The minimum atomic E-state index is -0.340. The SMILES string of the molecule is COC(=O)C1NCCc2sc(Cl)cc21. The topological polar surface area (TPSA) is 38.3 Å². The maximum absolute atomic E-state index is 11.4. The Morgan fingerprint density at radius 2 is 2.57 bits per heavy atom. The van der Waals surface area contributed by atoms with E-state index in [0.29, 0.717) is 0 Å². The van der Waals surface area contributed by atoms with Crippen LogP contribution in [0.1, 0.15) is 16.5 Å². The van der Waals surface area contributed by atoms with Crippen LogP contribution < -0.4 is 5.32 Å². The highest BCUT2D eigenvalue weighted by molar-refractivity contribution is 7.16. The van der Waals surface area contributed by atoms with E-state index in [2.05, 4.69) is 5.32 Å². The van der Waals surface area contributed by atoms with E-state index in [1.54, 1.807) is 0 Å². The largest absolute Gasteiger partial charge is 0.468 e. The molecule has 1 aliphatic heterocycles. The van der Waals surface area contributed by atoms with Gasteiger partial charge in [0.15, 0.2) is 0 Å². The Bertz CT molecular complexity index is 364. The standard InChI is InChI=1S/C9H10ClNO2S/c1-13-9(12)8-5-4-7(10)14-6(5)2-3-11-8/h4,8,11H,2-3H2,1H3. The molecule has 0 bridgehead atoms. The van der Waals surface area contributed by atoms with E-state index in [1.807, 2.05) is 6.07 Å². The summed E-state index contributed by atoms with van der Waals surface area (Å²) in [4.78, 5) is 12.6. The molecular formula is C9H10ClNO2S. The number of methoxy groups -OCH3 is 1. The van der Waals surface area contributed by atoms with Crippen LogP contribution in [-0.4, -0.2) is 19.6 Å². The van der Waals surface area contributed by atoms with Gasteiger partial charge in [0, 0.05) is 11.4 Å². The molecule has 14 heavy (non-hydrogen) atoms. The molecule has 0 radical (unpaired) electrons. The van der Waals surface area contributed by atoms with Crippen molar-refractivity contribution in [1.82, 2.24) is 5.32 Å². The van der Waals surface area contributed by atoms with Gasteiger partial charge in [0.2, 0.25) is 0 Å². The molecular weight excluding hydrogens is 222 g/mol. The molecule has 0 saturated heterocycles. The van der Waals surface area contributed by atoms with Gasteiger partial charge in [-0.25, -0.2) is 4.79 Å². The Balaban J connectivity index is 2.34.